The predicted molar refractivity (Wildman–Crippen MR) is 75.2 cm³/mol. The Bertz CT molecular complexity index is 538. The molecule has 0 aliphatic carbocycles. The number of aliphatic carboxylic acids is 1. The Labute approximate surface area is 121 Å². The zero-order valence-corrected chi connectivity index (χ0v) is 12.0. The van der Waals surface area contributed by atoms with Gasteiger partial charge in [-0.3, -0.25) is 14.9 Å². The number of nitrogens with one attached hydrogen (secondary N) is 1. The maximum Gasteiger partial charge on any atom is 0.326 e. The van der Waals surface area contributed by atoms with Crippen molar-refractivity contribution in [2.24, 2.45) is 0 Å². The molecule has 0 fully saturated rings. The lowest BCUT2D eigenvalue weighted by Crippen LogP contribution is -2.41. The maximum absolute atomic E-state index is 12.1. The highest BCUT2D eigenvalue weighted by Gasteiger charge is 2.24. The van der Waals surface area contributed by atoms with Gasteiger partial charge < -0.3 is 15.0 Å². The summed E-state index contributed by atoms with van der Waals surface area (Å²) < 4.78 is 1.47. The molecule has 1 rings (SSSR count). The van der Waals surface area contributed by atoms with Gasteiger partial charge in [-0.15, -0.1) is 0 Å². The van der Waals surface area contributed by atoms with Crippen LogP contribution in [0.1, 0.15) is 43.6 Å². The van der Waals surface area contributed by atoms with Crippen LogP contribution in [0.5, 0.6) is 0 Å². The molecule has 0 aliphatic rings. The van der Waals surface area contributed by atoms with E-state index in [-0.39, 0.29) is 11.4 Å². The van der Waals surface area contributed by atoms with Gasteiger partial charge in [-0.2, -0.15) is 0 Å². The normalized spacial score (nSPS) is 11.9. The number of nitrogens with zero attached hydrogens (tertiary/aromatic N) is 2. The fourth-order valence-corrected chi connectivity index (χ4v) is 1.99. The molecular weight excluding hydrogens is 278 g/mol. The molecule has 0 radical (unpaired) electrons. The zero-order valence-electron chi connectivity index (χ0n) is 12.0. The number of carboxylic acids is 1. The number of aromatic nitrogens is 1. The van der Waals surface area contributed by atoms with Crippen LogP contribution in [0, 0.1) is 10.1 Å². The van der Waals surface area contributed by atoms with E-state index in [0.717, 1.165) is 6.07 Å². The summed E-state index contributed by atoms with van der Waals surface area (Å²) in [7, 11) is 0. The summed E-state index contributed by atoms with van der Waals surface area (Å²) in [6, 6.07) is 0.169. The third-order valence-corrected chi connectivity index (χ3v) is 2.97. The van der Waals surface area contributed by atoms with E-state index in [2.05, 4.69) is 5.32 Å². The van der Waals surface area contributed by atoms with Gasteiger partial charge in [0, 0.05) is 12.6 Å². The standard InChI is InChI=1S/C13H19N3O5/c1-3-5-10(13(18)19)14-12(17)11-7-9(16(20)21)8-15(11)6-4-2/h7-8,10H,3-6H2,1-2H3,(H,14,17)(H,18,19). The number of carboxylic acid groups (broad SMARTS) is 1. The largest absolute Gasteiger partial charge is 0.480 e. The van der Waals surface area contributed by atoms with Crippen LogP contribution in [0.15, 0.2) is 12.3 Å². The summed E-state index contributed by atoms with van der Waals surface area (Å²) in [4.78, 5) is 33.4. The van der Waals surface area contributed by atoms with Crippen molar-refractivity contribution >= 4 is 17.6 Å². The predicted octanol–water partition coefficient (Wildman–Crippen LogP) is 1.79. The summed E-state index contributed by atoms with van der Waals surface area (Å²) in [5.41, 5.74) is -0.0816. The average molecular weight is 297 g/mol. The second-order valence-corrected chi connectivity index (χ2v) is 4.69. The van der Waals surface area contributed by atoms with E-state index in [9.17, 15) is 19.7 Å². The van der Waals surface area contributed by atoms with E-state index in [4.69, 9.17) is 5.11 Å². The number of carbonyl (C=O) groups is 2. The van der Waals surface area contributed by atoms with Crippen molar-refractivity contribution in [2.45, 2.75) is 45.7 Å². The quantitative estimate of drug-likeness (QED) is 0.560. The molecule has 0 spiro atoms. The Kier molecular flexibility index (Phi) is 5.89. The topological polar surface area (TPSA) is 114 Å². The number of hydrogen-bond donors (Lipinski definition) is 2. The highest BCUT2D eigenvalue weighted by molar-refractivity contribution is 5.96. The zero-order chi connectivity index (χ0) is 16.0. The number of rotatable bonds is 8. The van der Waals surface area contributed by atoms with E-state index < -0.39 is 22.8 Å². The number of hydrogen-bond acceptors (Lipinski definition) is 4. The van der Waals surface area contributed by atoms with E-state index in [1.807, 2.05) is 13.8 Å². The van der Waals surface area contributed by atoms with E-state index in [1.54, 1.807) is 0 Å². The first kappa shape index (κ1) is 16.7. The van der Waals surface area contributed by atoms with Gasteiger partial charge in [0.15, 0.2) is 0 Å². The monoisotopic (exact) mass is 297 g/mol. The molecule has 1 atom stereocenters. The molecule has 1 aromatic heterocycles. The molecule has 1 unspecified atom stereocenters. The van der Waals surface area contributed by atoms with Gasteiger partial charge in [-0.25, -0.2) is 4.79 Å². The van der Waals surface area contributed by atoms with Crippen molar-refractivity contribution in [1.29, 1.82) is 0 Å². The lowest BCUT2D eigenvalue weighted by Gasteiger charge is -2.14. The number of amides is 1. The Hall–Kier alpha value is -2.38. The molecule has 8 nitrogen and oxygen atoms in total. The van der Waals surface area contributed by atoms with Gasteiger partial charge in [0.2, 0.25) is 0 Å². The number of nitro groups is 1. The molecule has 0 aliphatic heterocycles. The first-order chi connectivity index (χ1) is 9.90. The Morgan fingerprint density at radius 3 is 2.57 bits per heavy atom. The molecule has 1 heterocycles. The Morgan fingerprint density at radius 2 is 2.10 bits per heavy atom. The third-order valence-electron chi connectivity index (χ3n) is 2.97. The summed E-state index contributed by atoms with van der Waals surface area (Å²) in [5, 5.41) is 22.2. The fraction of sp³-hybridized carbons (Fsp3) is 0.538. The Morgan fingerprint density at radius 1 is 1.43 bits per heavy atom. The molecule has 8 heteroatoms. The molecule has 1 aromatic rings. The summed E-state index contributed by atoms with van der Waals surface area (Å²) in [6.45, 7) is 4.14. The second-order valence-electron chi connectivity index (χ2n) is 4.69. The smallest absolute Gasteiger partial charge is 0.326 e. The molecule has 0 saturated heterocycles. The molecular formula is C13H19N3O5. The van der Waals surface area contributed by atoms with Gasteiger partial charge in [0.1, 0.15) is 11.7 Å². The summed E-state index contributed by atoms with van der Waals surface area (Å²) in [5.74, 6) is -1.73. The molecule has 2 N–H and O–H groups in total. The van der Waals surface area contributed by atoms with Crippen molar-refractivity contribution in [3.05, 3.63) is 28.1 Å². The van der Waals surface area contributed by atoms with Crippen LogP contribution in [0.25, 0.3) is 0 Å². The lowest BCUT2D eigenvalue weighted by molar-refractivity contribution is -0.384. The molecule has 0 saturated carbocycles. The first-order valence-electron chi connectivity index (χ1n) is 6.78. The van der Waals surface area contributed by atoms with Crippen LogP contribution < -0.4 is 5.32 Å². The average Bonchev–Trinajstić information content (AvgIpc) is 2.82. The van der Waals surface area contributed by atoms with Crippen molar-refractivity contribution in [2.75, 3.05) is 0 Å². The molecule has 21 heavy (non-hydrogen) atoms. The van der Waals surface area contributed by atoms with Crippen LogP contribution in [0.2, 0.25) is 0 Å². The van der Waals surface area contributed by atoms with Gasteiger partial charge in [0.05, 0.1) is 11.1 Å². The fourth-order valence-electron chi connectivity index (χ4n) is 1.99. The molecule has 1 amide bonds. The van der Waals surface area contributed by atoms with Gasteiger partial charge in [-0.05, 0) is 12.8 Å². The van der Waals surface area contributed by atoms with Crippen molar-refractivity contribution in [1.82, 2.24) is 9.88 Å². The highest BCUT2D eigenvalue weighted by Crippen LogP contribution is 2.17. The van der Waals surface area contributed by atoms with Crippen molar-refractivity contribution in [3.63, 3.8) is 0 Å². The van der Waals surface area contributed by atoms with Gasteiger partial charge in [0.25, 0.3) is 11.6 Å². The van der Waals surface area contributed by atoms with E-state index >= 15 is 0 Å². The van der Waals surface area contributed by atoms with Crippen molar-refractivity contribution < 1.29 is 19.6 Å². The summed E-state index contributed by atoms with van der Waals surface area (Å²) >= 11 is 0. The number of carbonyl (C=O) groups excluding carboxylic acids is 1. The lowest BCUT2D eigenvalue weighted by atomic mass is 10.1. The molecule has 116 valence electrons. The van der Waals surface area contributed by atoms with Crippen LogP contribution in [0.4, 0.5) is 5.69 Å². The Balaban J connectivity index is 2.99. The summed E-state index contributed by atoms with van der Waals surface area (Å²) in [6.07, 6.45) is 2.89. The minimum absolute atomic E-state index is 0.103. The van der Waals surface area contributed by atoms with Crippen LogP contribution in [-0.2, 0) is 11.3 Å². The maximum atomic E-state index is 12.1. The second kappa shape index (κ2) is 7.41. The minimum Gasteiger partial charge on any atom is -0.480 e. The van der Waals surface area contributed by atoms with Crippen LogP contribution >= 0.6 is 0 Å². The minimum atomic E-state index is -1.12. The van der Waals surface area contributed by atoms with Crippen LogP contribution in [0.3, 0.4) is 0 Å². The molecule has 0 aromatic carbocycles. The first-order valence-corrected chi connectivity index (χ1v) is 6.78. The third kappa shape index (κ3) is 4.30. The van der Waals surface area contributed by atoms with E-state index in [0.29, 0.717) is 25.8 Å². The number of aryl methyl sites for hydroxylation is 1. The van der Waals surface area contributed by atoms with E-state index in [1.165, 1.54) is 10.8 Å². The van der Waals surface area contributed by atoms with Crippen molar-refractivity contribution in [3.8, 4) is 0 Å². The van der Waals surface area contributed by atoms with Gasteiger partial charge >= 0.3 is 5.97 Å². The molecule has 0 bridgehead atoms. The van der Waals surface area contributed by atoms with Crippen LogP contribution in [-0.4, -0.2) is 32.5 Å². The SMILES string of the molecule is CCCC(NC(=O)c1cc([N+](=O)[O-])cn1CCC)C(=O)O. The highest BCUT2D eigenvalue weighted by atomic mass is 16.6. The van der Waals surface area contributed by atoms with Gasteiger partial charge in [-0.1, -0.05) is 20.3 Å².